The number of rotatable bonds is 4. The van der Waals surface area contributed by atoms with Crippen molar-refractivity contribution in [3.63, 3.8) is 0 Å². The number of aromatic nitrogens is 1. The van der Waals surface area contributed by atoms with Crippen LogP contribution in [0.15, 0.2) is 51.3 Å². The van der Waals surface area contributed by atoms with Crippen molar-refractivity contribution in [2.45, 2.75) is 11.8 Å². The Balaban J connectivity index is 1.45. The summed E-state index contributed by atoms with van der Waals surface area (Å²) in [5.41, 5.74) is 1.06. The van der Waals surface area contributed by atoms with E-state index in [1.807, 2.05) is 0 Å². The molecule has 1 amide bonds. The van der Waals surface area contributed by atoms with Gasteiger partial charge in [-0.15, -0.1) is 11.3 Å². The van der Waals surface area contributed by atoms with Gasteiger partial charge in [-0.25, -0.2) is 13.4 Å². The van der Waals surface area contributed by atoms with E-state index in [2.05, 4.69) is 4.98 Å². The van der Waals surface area contributed by atoms with Crippen LogP contribution in [0.5, 0.6) is 5.75 Å². The van der Waals surface area contributed by atoms with Crippen molar-refractivity contribution in [2.24, 2.45) is 0 Å². The first-order chi connectivity index (χ1) is 13.9. The Kier molecular flexibility index (Phi) is 5.15. The van der Waals surface area contributed by atoms with Gasteiger partial charge in [-0.1, -0.05) is 6.07 Å². The fourth-order valence-corrected chi connectivity index (χ4v) is 5.50. The van der Waals surface area contributed by atoms with Crippen LogP contribution in [0.4, 0.5) is 0 Å². The molecule has 10 heteroatoms. The lowest BCUT2D eigenvalue weighted by Gasteiger charge is -2.33. The van der Waals surface area contributed by atoms with Gasteiger partial charge in [-0.2, -0.15) is 4.31 Å². The Labute approximate surface area is 172 Å². The Morgan fingerprint density at radius 3 is 2.66 bits per heavy atom. The summed E-state index contributed by atoms with van der Waals surface area (Å²) in [6.07, 6.45) is 1.55. The fraction of sp³-hybridized carbons (Fsp3) is 0.263. The second-order valence-electron chi connectivity index (χ2n) is 6.68. The predicted molar refractivity (Wildman–Crippen MR) is 107 cm³/mol. The maximum Gasteiger partial charge on any atom is 0.273 e. The molecule has 0 atom stereocenters. The highest BCUT2D eigenvalue weighted by atomic mass is 32.2. The number of aryl methyl sites for hydroxylation is 1. The standard InChI is InChI=1S/C19H19N3O5S2/c1-13-4-5-15(23)17(11-13)29(25,26)22-8-6-21(7-9-22)19(24)14-12-28-18(20-14)16-3-2-10-27-16/h2-5,10-12,23H,6-9H2,1H3. The minimum absolute atomic E-state index is 0.111. The third-order valence-electron chi connectivity index (χ3n) is 4.71. The van der Waals surface area contributed by atoms with Crippen molar-refractivity contribution in [1.82, 2.24) is 14.2 Å². The molecular weight excluding hydrogens is 414 g/mol. The Bertz CT molecular complexity index is 1130. The van der Waals surface area contributed by atoms with Crippen LogP contribution >= 0.6 is 11.3 Å². The number of piperazine rings is 1. The minimum Gasteiger partial charge on any atom is -0.507 e. The lowest BCUT2D eigenvalue weighted by molar-refractivity contribution is 0.0692. The Morgan fingerprint density at radius 1 is 1.21 bits per heavy atom. The van der Waals surface area contributed by atoms with E-state index in [4.69, 9.17) is 4.42 Å². The molecule has 0 saturated carbocycles. The number of phenols is 1. The predicted octanol–water partition coefficient (Wildman–Crippen LogP) is 2.56. The van der Waals surface area contributed by atoms with E-state index < -0.39 is 10.0 Å². The van der Waals surface area contributed by atoms with Crippen LogP contribution in [0.3, 0.4) is 0 Å². The molecule has 0 unspecified atom stereocenters. The largest absolute Gasteiger partial charge is 0.507 e. The molecule has 8 nitrogen and oxygen atoms in total. The second kappa shape index (κ2) is 7.62. The SMILES string of the molecule is Cc1ccc(O)c(S(=O)(=O)N2CCN(C(=O)c3csc(-c4ccco4)n3)CC2)c1. The first-order valence-corrected chi connectivity index (χ1v) is 11.3. The molecule has 152 valence electrons. The zero-order valence-corrected chi connectivity index (χ0v) is 17.2. The summed E-state index contributed by atoms with van der Waals surface area (Å²) in [7, 11) is -3.84. The average Bonchev–Trinajstić information content (AvgIpc) is 3.41. The summed E-state index contributed by atoms with van der Waals surface area (Å²) < 4.78 is 32.4. The van der Waals surface area contributed by atoms with E-state index >= 15 is 0 Å². The number of sulfonamides is 1. The van der Waals surface area contributed by atoms with Gasteiger partial charge in [0.25, 0.3) is 5.91 Å². The number of hydrogen-bond donors (Lipinski definition) is 1. The van der Waals surface area contributed by atoms with Crippen molar-refractivity contribution < 1.29 is 22.7 Å². The molecule has 1 aliphatic rings. The van der Waals surface area contributed by atoms with Crippen molar-refractivity contribution in [2.75, 3.05) is 26.2 Å². The molecule has 0 aliphatic carbocycles. The van der Waals surface area contributed by atoms with Crippen LogP contribution in [0, 0.1) is 6.92 Å². The van der Waals surface area contributed by atoms with Crippen molar-refractivity contribution in [3.05, 3.63) is 53.2 Å². The number of nitrogens with zero attached hydrogens (tertiary/aromatic N) is 3. The van der Waals surface area contributed by atoms with Gasteiger partial charge in [0.15, 0.2) is 10.8 Å². The molecule has 1 saturated heterocycles. The normalized spacial score (nSPS) is 15.6. The first-order valence-electron chi connectivity index (χ1n) is 8.95. The molecule has 3 heterocycles. The van der Waals surface area contributed by atoms with Crippen LogP contribution in [0.1, 0.15) is 16.1 Å². The van der Waals surface area contributed by atoms with Gasteiger partial charge in [0.05, 0.1) is 6.26 Å². The van der Waals surface area contributed by atoms with Gasteiger partial charge in [0, 0.05) is 31.6 Å². The molecule has 2 aromatic heterocycles. The topological polar surface area (TPSA) is 104 Å². The van der Waals surface area contributed by atoms with E-state index in [9.17, 15) is 18.3 Å². The molecular formula is C19H19N3O5S2. The molecule has 0 bridgehead atoms. The molecule has 0 radical (unpaired) electrons. The zero-order chi connectivity index (χ0) is 20.6. The van der Waals surface area contributed by atoms with Gasteiger partial charge in [-0.3, -0.25) is 4.79 Å². The molecule has 1 N–H and O–H groups in total. The molecule has 1 aromatic carbocycles. The number of benzene rings is 1. The highest BCUT2D eigenvalue weighted by molar-refractivity contribution is 7.89. The number of aromatic hydroxyl groups is 1. The van der Waals surface area contributed by atoms with Gasteiger partial charge < -0.3 is 14.4 Å². The Hall–Kier alpha value is -2.69. The number of carbonyl (C=O) groups is 1. The highest BCUT2D eigenvalue weighted by Crippen LogP contribution is 2.28. The summed E-state index contributed by atoms with van der Waals surface area (Å²) in [5.74, 6) is 0.0828. The lowest BCUT2D eigenvalue weighted by Crippen LogP contribution is -2.50. The van der Waals surface area contributed by atoms with Gasteiger partial charge in [-0.05, 0) is 36.8 Å². The molecule has 4 rings (SSSR count). The monoisotopic (exact) mass is 433 g/mol. The summed E-state index contributed by atoms with van der Waals surface area (Å²) >= 11 is 1.32. The zero-order valence-electron chi connectivity index (χ0n) is 15.6. The quantitative estimate of drug-likeness (QED) is 0.678. The van der Waals surface area contributed by atoms with Crippen LogP contribution < -0.4 is 0 Å². The summed E-state index contributed by atoms with van der Waals surface area (Å²) in [4.78, 5) is 18.5. The number of thiazole rings is 1. The molecule has 1 fully saturated rings. The third-order valence-corrected chi connectivity index (χ3v) is 7.50. The van der Waals surface area contributed by atoms with Crippen LogP contribution in [-0.4, -0.2) is 59.8 Å². The van der Waals surface area contributed by atoms with Gasteiger partial charge >= 0.3 is 0 Å². The maximum absolute atomic E-state index is 12.9. The minimum atomic E-state index is -3.84. The third kappa shape index (κ3) is 3.78. The number of phenolic OH excluding ortho intramolecular Hbond substituents is 1. The summed E-state index contributed by atoms with van der Waals surface area (Å²) in [5, 5.41) is 12.3. The van der Waals surface area contributed by atoms with Crippen LogP contribution in [0.25, 0.3) is 10.8 Å². The van der Waals surface area contributed by atoms with E-state index in [-0.39, 0.29) is 42.7 Å². The van der Waals surface area contributed by atoms with Crippen molar-refractivity contribution >= 4 is 27.3 Å². The van der Waals surface area contributed by atoms with Gasteiger partial charge in [0.1, 0.15) is 16.3 Å². The lowest BCUT2D eigenvalue weighted by atomic mass is 10.2. The maximum atomic E-state index is 12.9. The van der Waals surface area contributed by atoms with Crippen LogP contribution in [0.2, 0.25) is 0 Å². The van der Waals surface area contributed by atoms with Crippen LogP contribution in [-0.2, 0) is 10.0 Å². The molecule has 1 aliphatic heterocycles. The van der Waals surface area contributed by atoms with E-state index in [0.29, 0.717) is 16.5 Å². The highest BCUT2D eigenvalue weighted by Gasteiger charge is 2.32. The smallest absolute Gasteiger partial charge is 0.273 e. The molecule has 3 aromatic rings. The van der Waals surface area contributed by atoms with Crippen molar-refractivity contribution in [3.8, 4) is 16.5 Å². The summed E-state index contributed by atoms with van der Waals surface area (Å²) in [6, 6.07) is 8.01. The number of hydrogen-bond acceptors (Lipinski definition) is 7. The summed E-state index contributed by atoms with van der Waals surface area (Å²) in [6.45, 7) is 2.56. The number of amides is 1. The second-order valence-corrected chi connectivity index (χ2v) is 9.45. The molecule has 0 spiro atoms. The van der Waals surface area contributed by atoms with E-state index in [1.54, 1.807) is 41.7 Å². The van der Waals surface area contributed by atoms with E-state index in [0.717, 1.165) is 5.56 Å². The molecule has 29 heavy (non-hydrogen) atoms. The van der Waals surface area contributed by atoms with E-state index in [1.165, 1.54) is 27.8 Å². The van der Waals surface area contributed by atoms with Crippen molar-refractivity contribution in [1.29, 1.82) is 0 Å². The fourth-order valence-electron chi connectivity index (χ4n) is 3.15. The number of furan rings is 1. The average molecular weight is 434 g/mol. The number of carbonyl (C=O) groups excluding carboxylic acids is 1. The van der Waals surface area contributed by atoms with Gasteiger partial charge in [0.2, 0.25) is 10.0 Å². The Morgan fingerprint density at radius 2 is 1.97 bits per heavy atom. The first kappa shape index (κ1) is 19.6.